The van der Waals surface area contributed by atoms with Crippen molar-refractivity contribution in [2.45, 2.75) is 19.3 Å². The summed E-state index contributed by atoms with van der Waals surface area (Å²) in [4.78, 5) is 13.3. The fraction of sp³-hybridized carbons (Fsp3) is 0.263. The third-order valence-electron chi connectivity index (χ3n) is 4.26. The lowest BCUT2D eigenvalue weighted by Gasteiger charge is -2.08. The molecule has 0 saturated heterocycles. The molecule has 1 saturated carbocycles. The van der Waals surface area contributed by atoms with E-state index < -0.39 is 0 Å². The monoisotopic (exact) mass is 330 g/mol. The van der Waals surface area contributed by atoms with E-state index in [2.05, 4.69) is 37.7 Å². The molecule has 2 aliphatic rings. The molecular weight excluding hydrogens is 312 g/mol. The summed E-state index contributed by atoms with van der Waals surface area (Å²) >= 11 is 0. The number of hydrogen-bond donors (Lipinski definition) is 2. The Balaban J connectivity index is 1.42. The van der Waals surface area contributed by atoms with E-state index in [0.29, 0.717) is 18.2 Å². The summed E-state index contributed by atoms with van der Waals surface area (Å²) in [6, 6.07) is 11.6. The van der Waals surface area contributed by atoms with Crippen LogP contribution in [0.15, 0.2) is 53.2 Å². The largest absolute Gasteiger partial charge is 0.325 e. The molecule has 1 fully saturated rings. The van der Waals surface area contributed by atoms with Gasteiger partial charge >= 0.3 is 0 Å². The minimum absolute atomic E-state index is 0.411. The number of amidine groups is 1. The van der Waals surface area contributed by atoms with Gasteiger partial charge in [-0.2, -0.15) is 10.2 Å². The van der Waals surface area contributed by atoms with Crippen LogP contribution >= 0.6 is 0 Å². The Morgan fingerprint density at radius 1 is 1.12 bits per heavy atom. The van der Waals surface area contributed by atoms with E-state index in [1.54, 1.807) is 6.20 Å². The number of aromatic nitrogens is 2. The van der Waals surface area contributed by atoms with Crippen molar-refractivity contribution in [2.75, 3.05) is 17.2 Å². The highest BCUT2D eigenvalue weighted by Crippen LogP contribution is 2.37. The maximum absolute atomic E-state index is 8.72. The third-order valence-corrected chi connectivity index (χ3v) is 4.26. The first kappa shape index (κ1) is 15.3. The van der Waals surface area contributed by atoms with Crippen molar-refractivity contribution in [1.82, 2.24) is 9.97 Å². The molecule has 0 unspecified atom stereocenters. The fourth-order valence-corrected chi connectivity index (χ4v) is 2.77. The van der Waals surface area contributed by atoms with Crippen molar-refractivity contribution in [1.29, 1.82) is 5.26 Å². The van der Waals surface area contributed by atoms with Crippen LogP contribution in [0, 0.1) is 17.2 Å². The van der Waals surface area contributed by atoms with Gasteiger partial charge in [-0.15, -0.1) is 0 Å². The summed E-state index contributed by atoms with van der Waals surface area (Å²) < 4.78 is 0. The van der Waals surface area contributed by atoms with Gasteiger partial charge in [0.1, 0.15) is 11.7 Å². The highest BCUT2D eigenvalue weighted by molar-refractivity contribution is 6.05. The maximum Gasteiger partial charge on any atom is 0.229 e. The Morgan fingerprint density at radius 3 is 2.72 bits per heavy atom. The van der Waals surface area contributed by atoms with Gasteiger partial charge < -0.3 is 10.6 Å². The average Bonchev–Trinajstić information content (AvgIpc) is 3.37. The van der Waals surface area contributed by atoms with Crippen LogP contribution in [0.3, 0.4) is 0 Å². The lowest BCUT2D eigenvalue weighted by atomic mass is 10.1. The van der Waals surface area contributed by atoms with Crippen LogP contribution in [0.1, 0.15) is 18.4 Å². The lowest BCUT2D eigenvalue weighted by molar-refractivity contribution is 0.959. The Kier molecular flexibility index (Phi) is 4.13. The van der Waals surface area contributed by atoms with Crippen LogP contribution in [0.2, 0.25) is 0 Å². The second-order valence-electron chi connectivity index (χ2n) is 6.24. The smallest absolute Gasteiger partial charge is 0.229 e. The van der Waals surface area contributed by atoms with E-state index in [0.717, 1.165) is 29.5 Å². The zero-order valence-corrected chi connectivity index (χ0v) is 13.7. The highest BCUT2D eigenvalue weighted by atomic mass is 15.2. The molecule has 2 aromatic rings. The van der Waals surface area contributed by atoms with E-state index in [1.807, 2.05) is 30.3 Å². The molecule has 2 heterocycles. The van der Waals surface area contributed by atoms with Crippen molar-refractivity contribution in [2.24, 2.45) is 10.9 Å². The minimum Gasteiger partial charge on any atom is -0.325 e. The van der Waals surface area contributed by atoms with E-state index in [4.69, 9.17) is 5.26 Å². The zero-order chi connectivity index (χ0) is 17.1. The van der Waals surface area contributed by atoms with Gasteiger partial charge in [-0.25, -0.2) is 4.98 Å². The Bertz CT molecular complexity index is 872. The molecule has 0 spiro atoms. The fourth-order valence-electron chi connectivity index (χ4n) is 2.77. The number of nitrogens with zero attached hydrogens (tertiary/aromatic N) is 4. The Labute approximate surface area is 146 Å². The SMILES string of the molecule is N#CCc1ccc(Nc2nccc(NC3=NCC(C4CC4)=C3)n2)cc1. The number of benzene rings is 1. The molecule has 4 rings (SSSR count). The molecule has 6 heteroatoms. The number of rotatable bonds is 5. The average molecular weight is 330 g/mol. The van der Waals surface area contributed by atoms with Gasteiger partial charge in [0.2, 0.25) is 5.95 Å². The molecule has 1 aromatic carbocycles. The Hall–Kier alpha value is -3.20. The summed E-state index contributed by atoms with van der Waals surface area (Å²) in [5.74, 6) is 2.84. The zero-order valence-electron chi connectivity index (χ0n) is 13.7. The molecule has 1 aliphatic carbocycles. The molecule has 0 radical (unpaired) electrons. The van der Waals surface area contributed by atoms with Crippen LogP contribution in [-0.2, 0) is 6.42 Å². The molecule has 1 aliphatic heterocycles. The predicted molar refractivity (Wildman–Crippen MR) is 97.8 cm³/mol. The van der Waals surface area contributed by atoms with Crippen molar-refractivity contribution in [3.63, 3.8) is 0 Å². The molecular formula is C19H18N6. The van der Waals surface area contributed by atoms with Crippen LogP contribution in [0.5, 0.6) is 0 Å². The number of hydrogen-bond acceptors (Lipinski definition) is 6. The lowest BCUT2D eigenvalue weighted by Crippen LogP contribution is -2.09. The van der Waals surface area contributed by atoms with Crippen LogP contribution in [0.25, 0.3) is 0 Å². The van der Waals surface area contributed by atoms with Gasteiger partial charge in [0.05, 0.1) is 19.0 Å². The number of nitrogens with one attached hydrogen (secondary N) is 2. The van der Waals surface area contributed by atoms with Crippen molar-refractivity contribution in [3.05, 3.63) is 53.7 Å². The van der Waals surface area contributed by atoms with Crippen LogP contribution < -0.4 is 10.6 Å². The van der Waals surface area contributed by atoms with E-state index >= 15 is 0 Å². The first-order valence-corrected chi connectivity index (χ1v) is 8.38. The van der Waals surface area contributed by atoms with Crippen molar-refractivity contribution >= 4 is 23.3 Å². The van der Waals surface area contributed by atoms with Gasteiger partial charge in [-0.05, 0) is 54.2 Å². The molecule has 2 N–H and O–H groups in total. The molecule has 0 atom stereocenters. The van der Waals surface area contributed by atoms with E-state index in [9.17, 15) is 0 Å². The molecule has 25 heavy (non-hydrogen) atoms. The molecule has 0 bridgehead atoms. The van der Waals surface area contributed by atoms with Gasteiger partial charge in [-0.1, -0.05) is 12.1 Å². The summed E-state index contributed by atoms with van der Waals surface area (Å²) in [6.45, 7) is 0.804. The maximum atomic E-state index is 8.72. The third kappa shape index (κ3) is 3.83. The Morgan fingerprint density at radius 2 is 1.96 bits per heavy atom. The van der Waals surface area contributed by atoms with Crippen LogP contribution in [-0.4, -0.2) is 22.3 Å². The number of anilines is 3. The van der Waals surface area contributed by atoms with Crippen molar-refractivity contribution in [3.8, 4) is 6.07 Å². The standard InChI is InChI=1S/C19H18N6/c20-9-7-13-1-5-16(6-2-13)23-19-21-10-8-17(25-19)24-18-11-15(12-22-18)14-3-4-14/h1-2,5-6,8,10-11,14H,3-4,7,12H2,(H2,21,22,23,24,25). The first-order chi connectivity index (χ1) is 12.3. The van der Waals surface area contributed by atoms with Gasteiger partial charge in [0.25, 0.3) is 0 Å². The van der Waals surface area contributed by atoms with E-state index in [1.165, 1.54) is 18.4 Å². The quantitative estimate of drug-likeness (QED) is 0.877. The highest BCUT2D eigenvalue weighted by Gasteiger charge is 2.27. The molecule has 0 amide bonds. The molecule has 124 valence electrons. The summed E-state index contributed by atoms with van der Waals surface area (Å²) in [7, 11) is 0. The summed E-state index contributed by atoms with van der Waals surface area (Å²) in [5, 5.41) is 15.1. The second-order valence-corrected chi connectivity index (χ2v) is 6.24. The minimum atomic E-state index is 0.411. The van der Waals surface area contributed by atoms with E-state index in [-0.39, 0.29) is 0 Å². The van der Waals surface area contributed by atoms with Gasteiger partial charge in [-0.3, -0.25) is 4.99 Å². The van der Waals surface area contributed by atoms with Gasteiger partial charge in [0, 0.05) is 11.9 Å². The van der Waals surface area contributed by atoms with Crippen molar-refractivity contribution < 1.29 is 0 Å². The topological polar surface area (TPSA) is 86.0 Å². The predicted octanol–water partition coefficient (Wildman–Crippen LogP) is 3.45. The molecule has 6 nitrogen and oxygen atoms in total. The van der Waals surface area contributed by atoms with Gasteiger partial charge in [0.15, 0.2) is 0 Å². The summed E-state index contributed by atoms with van der Waals surface area (Å²) in [6.07, 6.45) is 6.85. The second kappa shape index (κ2) is 6.73. The first-order valence-electron chi connectivity index (χ1n) is 8.38. The number of aliphatic imine (C=N–C) groups is 1. The molecule has 1 aromatic heterocycles. The summed E-state index contributed by atoms with van der Waals surface area (Å²) in [5.41, 5.74) is 3.29. The van der Waals surface area contributed by atoms with Crippen LogP contribution in [0.4, 0.5) is 17.5 Å². The normalized spacial score (nSPS) is 16.0. The number of nitriles is 1.